The first-order chi connectivity index (χ1) is 7.38. The summed E-state index contributed by atoms with van der Waals surface area (Å²) in [6, 6.07) is 3.52. The molecule has 1 aromatic carbocycles. The zero-order valence-electron chi connectivity index (χ0n) is 7.65. The van der Waals surface area contributed by atoms with Crippen LogP contribution in [-0.4, -0.2) is 4.98 Å². The second-order valence-electron chi connectivity index (χ2n) is 3.16. The van der Waals surface area contributed by atoms with Gasteiger partial charge in [-0.25, -0.2) is 9.37 Å². The second kappa shape index (κ2) is 3.59. The second-order valence-corrected chi connectivity index (χ2v) is 3.54. The highest BCUT2D eigenvalue weighted by molar-refractivity contribution is 6.29. The van der Waals surface area contributed by atoms with Crippen molar-refractivity contribution in [3.05, 3.63) is 40.8 Å². The maximum absolute atomic E-state index is 13.3. The number of halogens is 5. The number of nitrogens with zero attached hydrogens (tertiary/aromatic N) is 1. The summed E-state index contributed by atoms with van der Waals surface area (Å²) >= 11 is 5.48. The summed E-state index contributed by atoms with van der Waals surface area (Å²) in [4.78, 5) is 3.72. The van der Waals surface area contributed by atoms with Gasteiger partial charge in [0, 0.05) is 11.5 Å². The van der Waals surface area contributed by atoms with Crippen LogP contribution in [-0.2, 0) is 6.18 Å². The molecule has 0 amide bonds. The third kappa shape index (κ3) is 1.95. The lowest BCUT2D eigenvalue weighted by Gasteiger charge is -2.07. The van der Waals surface area contributed by atoms with Crippen LogP contribution in [0.2, 0.25) is 5.15 Å². The lowest BCUT2D eigenvalue weighted by atomic mass is 10.1. The zero-order chi connectivity index (χ0) is 11.9. The highest BCUT2D eigenvalue weighted by atomic mass is 35.5. The van der Waals surface area contributed by atoms with Gasteiger partial charge in [-0.05, 0) is 18.2 Å². The minimum absolute atomic E-state index is 0.0928. The normalized spacial score (nSPS) is 12.1. The van der Waals surface area contributed by atoms with Crippen molar-refractivity contribution in [3.63, 3.8) is 0 Å². The van der Waals surface area contributed by atoms with Crippen LogP contribution in [0, 0.1) is 5.82 Å². The molecule has 0 radical (unpaired) electrons. The van der Waals surface area contributed by atoms with E-state index in [1.54, 1.807) is 0 Å². The van der Waals surface area contributed by atoms with E-state index in [4.69, 9.17) is 11.6 Å². The van der Waals surface area contributed by atoms with E-state index in [1.165, 1.54) is 0 Å². The van der Waals surface area contributed by atoms with Crippen LogP contribution in [0.1, 0.15) is 5.56 Å². The number of aromatic nitrogens is 1. The molecule has 0 bridgehead atoms. The molecule has 0 saturated heterocycles. The summed E-state index contributed by atoms with van der Waals surface area (Å²) in [5.74, 6) is -0.818. The van der Waals surface area contributed by atoms with Crippen molar-refractivity contribution in [1.82, 2.24) is 4.98 Å². The molecule has 16 heavy (non-hydrogen) atoms. The summed E-state index contributed by atoms with van der Waals surface area (Å²) < 4.78 is 50.4. The Morgan fingerprint density at radius 3 is 2.44 bits per heavy atom. The molecule has 0 aliphatic heterocycles. The molecule has 0 unspecified atom stereocenters. The van der Waals surface area contributed by atoms with Crippen LogP contribution in [0.25, 0.3) is 10.9 Å². The third-order valence-electron chi connectivity index (χ3n) is 2.05. The molecule has 0 spiro atoms. The first-order valence-electron chi connectivity index (χ1n) is 4.21. The van der Waals surface area contributed by atoms with Crippen LogP contribution < -0.4 is 0 Å². The van der Waals surface area contributed by atoms with Crippen molar-refractivity contribution in [2.45, 2.75) is 6.18 Å². The van der Waals surface area contributed by atoms with E-state index in [-0.39, 0.29) is 16.1 Å². The van der Waals surface area contributed by atoms with Crippen molar-refractivity contribution in [3.8, 4) is 0 Å². The number of alkyl halides is 3. The van der Waals surface area contributed by atoms with Crippen molar-refractivity contribution >= 4 is 22.5 Å². The number of pyridine rings is 1. The molecular formula is C10H4ClF4N. The fourth-order valence-electron chi connectivity index (χ4n) is 1.33. The standard InChI is InChI=1S/C10H4ClF4N/c11-9-4-7(12)6-3-5(10(13,14)15)1-2-8(6)16-9/h1-4H. The maximum Gasteiger partial charge on any atom is 0.416 e. The molecule has 0 saturated carbocycles. The van der Waals surface area contributed by atoms with Crippen LogP contribution in [0.15, 0.2) is 24.3 Å². The smallest absolute Gasteiger partial charge is 0.236 e. The number of fused-ring (bicyclic) bond motifs is 1. The quantitative estimate of drug-likeness (QED) is 0.507. The molecule has 1 heterocycles. The molecule has 0 aliphatic carbocycles. The van der Waals surface area contributed by atoms with Gasteiger partial charge in [-0.15, -0.1) is 0 Å². The van der Waals surface area contributed by atoms with E-state index in [1.807, 2.05) is 0 Å². The van der Waals surface area contributed by atoms with Gasteiger partial charge < -0.3 is 0 Å². The molecule has 0 atom stereocenters. The van der Waals surface area contributed by atoms with Gasteiger partial charge in [-0.1, -0.05) is 11.6 Å². The van der Waals surface area contributed by atoms with E-state index in [9.17, 15) is 17.6 Å². The van der Waals surface area contributed by atoms with Gasteiger partial charge >= 0.3 is 6.18 Å². The Bertz CT molecular complexity index is 550. The third-order valence-corrected chi connectivity index (χ3v) is 2.25. The first-order valence-corrected chi connectivity index (χ1v) is 4.59. The number of hydrogen-bond donors (Lipinski definition) is 0. The largest absolute Gasteiger partial charge is 0.416 e. The van der Waals surface area contributed by atoms with Crippen LogP contribution in [0.4, 0.5) is 17.6 Å². The molecule has 0 N–H and O–H groups in total. The molecule has 6 heteroatoms. The molecular weight excluding hydrogens is 246 g/mol. The Morgan fingerprint density at radius 2 is 1.81 bits per heavy atom. The first kappa shape index (κ1) is 11.1. The predicted octanol–water partition coefficient (Wildman–Crippen LogP) is 4.05. The van der Waals surface area contributed by atoms with Crippen LogP contribution >= 0.6 is 11.6 Å². The minimum Gasteiger partial charge on any atom is -0.236 e. The Morgan fingerprint density at radius 1 is 1.12 bits per heavy atom. The molecule has 1 aromatic heterocycles. The van der Waals surface area contributed by atoms with Crippen LogP contribution in [0.3, 0.4) is 0 Å². The summed E-state index contributed by atoms with van der Waals surface area (Å²) in [5, 5.41) is -0.288. The Hall–Kier alpha value is -1.36. The fraction of sp³-hybridized carbons (Fsp3) is 0.100. The van der Waals surface area contributed by atoms with Crippen molar-refractivity contribution in [2.24, 2.45) is 0 Å². The van der Waals surface area contributed by atoms with Crippen molar-refractivity contribution in [1.29, 1.82) is 0 Å². The van der Waals surface area contributed by atoms with Gasteiger partial charge in [0.2, 0.25) is 0 Å². The van der Waals surface area contributed by atoms with Gasteiger partial charge in [-0.3, -0.25) is 0 Å². The average Bonchev–Trinajstić information content (AvgIpc) is 2.15. The molecule has 1 nitrogen and oxygen atoms in total. The molecule has 2 aromatic rings. The summed E-state index contributed by atoms with van der Waals surface area (Å²) in [6.45, 7) is 0. The highest BCUT2D eigenvalue weighted by Gasteiger charge is 2.30. The van der Waals surface area contributed by atoms with E-state index < -0.39 is 17.6 Å². The summed E-state index contributed by atoms with van der Waals surface area (Å²) in [7, 11) is 0. The lowest BCUT2D eigenvalue weighted by molar-refractivity contribution is -0.137. The minimum atomic E-state index is -4.50. The molecule has 2 rings (SSSR count). The Balaban J connectivity index is 2.72. The van der Waals surface area contributed by atoms with E-state index in [0.717, 1.165) is 18.2 Å². The number of benzene rings is 1. The lowest BCUT2D eigenvalue weighted by Crippen LogP contribution is -2.04. The van der Waals surface area contributed by atoms with Crippen molar-refractivity contribution in [2.75, 3.05) is 0 Å². The molecule has 84 valence electrons. The SMILES string of the molecule is Fc1cc(Cl)nc2ccc(C(F)(F)F)cc12. The van der Waals surface area contributed by atoms with Gasteiger partial charge in [0.1, 0.15) is 11.0 Å². The van der Waals surface area contributed by atoms with E-state index in [2.05, 4.69) is 4.98 Å². The van der Waals surface area contributed by atoms with Gasteiger partial charge in [0.15, 0.2) is 0 Å². The number of rotatable bonds is 0. The Labute approximate surface area is 92.7 Å². The summed E-state index contributed by atoms with van der Waals surface area (Å²) in [5.41, 5.74) is -0.818. The topological polar surface area (TPSA) is 12.9 Å². The van der Waals surface area contributed by atoms with Gasteiger partial charge in [0.05, 0.1) is 11.1 Å². The maximum atomic E-state index is 13.3. The van der Waals surface area contributed by atoms with Gasteiger partial charge in [-0.2, -0.15) is 13.2 Å². The summed E-state index contributed by atoms with van der Waals surface area (Å²) in [6.07, 6.45) is -4.50. The van der Waals surface area contributed by atoms with Gasteiger partial charge in [0.25, 0.3) is 0 Å². The average molecular weight is 250 g/mol. The monoisotopic (exact) mass is 249 g/mol. The fourth-order valence-corrected chi connectivity index (χ4v) is 1.52. The van der Waals surface area contributed by atoms with Crippen molar-refractivity contribution < 1.29 is 17.6 Å². The highest BCUT2D eigenvalue weighted by Crippen LogP contribution is 2.32. The zero-order valence-corrected chi connectivity index (χ0v) is 8.40. The van der Waals surface area contributed by atoms with Crippen LogP contribution in [0.5, 0.6) is 0 Å². The molecule has 0 fully saturated rings. The Kier molecular flexibility index (Phi) is 2.50. The predicted molar refractivity (Wildman–Crippen MR) is 51.7 cm³/mol. The van der Waals surface area contributed by atoms with E-state index >= 15 is 0 Å². The molecule has 0 aliphatic rings. The number of hydrogen-bond acceptors (Lipinski definition) is 1. The van der Waals surface area contributed by atoms with E-state index in [0.29, 0.717) is 6.07 Å².